The van der Waals surface area contributed by atoms with Gasteiger partial charge in [-0.1, -0.05) is 0 Å². The molecule has 1 aromatic carbocycles. The summed E-state index contributed by atoms with van der Waals surface area (Å²) in [5.41, 5.74) is -1.14. The summed E-state index contributed by atoms with van der Waals surface area (Å²) in [6.45, 7) is 3.29. The Balaban J connectivity index is 2.55. The minimum absolute atomic E-state index is 0.128. The molecule has 0 atom stereocenters. The Labute approximate surface area is 113 Å². The Kier molecular flexibility index (Phi) is 3.41. The van der Waals surface area contributed by atoms with Crippen molar-refractivity contribution in [2.75, 3.05) is 11.9 Å². The fourth-order valence-electron chi connectivity index (χ4n) is 1.71. The fraction of sp³-hybridized carbons (Fsp3) is 0.333. The van der Waals surface area contributed by atoms with E-state index in [9.17, 15) is 20.0 Å². The van der Waals surface area contributed by atoms with Crippen molar-refractivity contribution in [3.63, 3.8) is 0 Å². The summed E-state index contributed by atoms with van der Waals surface area (Å²) in [4.78, 5) is 28.4. The van der Waals surface area contributed by atoms with Crippen molar-refractivity contribution < 1.29 is 10.0 Å². The minimum Gasteiger partial charge on any atom is -0.389 e. The van der Waals surface area contributed by atoms with Gasteiger partial charge in [0.05, 0.1) is 27.8 Å². The lowest BCUT2D eigenvalue weighted by Gasteiger charge is -2.18. The molecule has 3 N–H and O–H groups in total. The highest BCUT2D eigenvalue weighted by molar-refractivity contribution is 5.86. The number of aliphatic hydroxyl groups is 1. The van der Waals surface area contributed by atoms with Crippen molar-refractivity contribution in [3.8, 4) is 0 Å². The van der Waals surface area contributed by atoms with Crippen LogP contribution in [0.25, 0.3) is 10.9 Å². The molecule has 0 spiro atoms. The summed E-state index contributed by atoms with van der Waals surface area (Å²) in [6, 6.07) is 2.60. The number of nitro groups is 1. The van der Waals surface area contributed by atoms with Gasteiger partial charge in [0.25, 0.3) is 11.2 Å². The number of fused-ring (bicyclic) bond motifs is 1. The summed E-state index contributed by atoms with van der Waals surface area (Å²) >= 11 is 0. The van der Waals surface area contributed by atoms with Crippen LogP contribution in [0.2, 0.25) is 0 Å². The molecule has 0 radical (unpaired) electrons. The molecule has 0 saturated carbocycles. The summed E-state index contributed by atoms with van der Waals surface area (Å²) in [5, 5.41) is 23.7. The smallest absolute Gasteiger partial charge is 0.293 e. The Morgan fingerprint density at radius 2 is 2.20 bits per heavy atom. The molecule has 1 aromatic heterocycles. The van der Waals surface area contributed by atoms with Crippen molar-refractivity contribution in [2.45, 2.75) is 19.4 Å². The van der Waals surface area contributed by atoms with Crippen LogP contribution < -0.4 is 10.9 Å². The van der Waals surface area contributed by atoms with E-state index in [1.807, 2.05) is 0 Å². The molecule has 0 saturated heterocycles. The molecule has 8 nitrogen and oxygen atoms in total. The number of anilines is 1. The quantitative estimate of drug-likeness (QED) is 0.567. The number of nitrogens with one attached hydrogen (secondary N) is 2. The van der Waals surface area contributed by atoms with Crippen LogP contribution in [0.3, 0.4) is 0 Å². The second kappa shape index (κ2) is 4.89. The van der Waals surface area contributed by atoms with Crippen molar-refractivity contribution in [1.29, 1.82) is 0 Å². The van der Waals surface area contributed by atoms with Gasteiger partial charge in [0, 0.05) is 12.6 Å². The molecule has 0 aliphatic carbocycles. The molecule has 8 heteroatoms. The Hall–Kier alpha value is -2.48. The highest BCUT2D eigenvalue weighted by Crippen LogP contribution is 2.28. The SMILES string of the molecule is CC(C)(O)CNc1cc2nc[nH]c(=O)c2cc1[N+](=O)[O-]. The second-order valence-corrected chi connectivity index (χ2v) is 5.04. The van der Waals surface area contributed by atoms with E-state index in [0.29, 0.717) is 5.52 Å². The van der Waals surface area contributed by atoms with E-state index in [-0.39, 0.29) is 23.3 Å². The van der Waals surface area contributed by atoms with Crippen LogP contribution in [0.5, 0.6) is 0 Å². The number of hydrogen-bond acceptors (Lipinski definition) is 6. The fourth-order valence-corrected chi connectivity index (χ4v) is 1.71. The van der Waals surface area contributed by atoms with Gasteiger partial charge in [0.15, 0.2) is 0 Å². The van der Waals surface area contributed by atoms with Crippen LogP contribution in [-0.2, 0) is 0 Å². The van der Waals surface area contributed by atoms with Gasteiger partial charge in [0.2, 0.25) is 0 Å². The third-order valence-corrected chi connectivity index (χ3v) is 2.67. The second-order valence-electron chi connectivity index (χ2n) is 5.04. The van der Waals surface area contributed by atoms with Gasteiger partial charge in [-0.2, -0.15) is 0 Å². The zero-order valence-electron chi connectivity index (χ0n) is 11.0. The summed E-state index contributed by atoms with van der Waals surface area (Å²) in [5.74, 6) is 0. The zero-order chi connectivity index (χ0) is 14.9. The van der Waals surface area contributed by atoms with Gasteiger partial charge in [-0.05, 0) is 19.9 Å². The highest BCUT2D eigenvalue weighted by Gasteiger charge is 2.19. The molecule has 0 unspecified atom stereocenters. The lowest BCUT2D eigenvalue weighted by atomic mass is 10.1. The minimum atomic E-state index is -1.02. The largest absolute Gasteiger partial charge is 0.389 e. The van der Waals surface area contributed by atoms with E-state index in [0.717, 1.165) is 0 Å². The van der Waals surface area contributed by atoms with Gasteiger partial charge in [-0.25, -0.2) is 4.98 Å². The van der Waals surface area contributed by atoms with E-state index in [2.05, 4.69) is 15.3 Å². The van der Waals surface area contributed by atoms with Crippen LogP contribution in [0.1, 0.15) is 13.8 Å². The first-order chi connectivity index (χ1) is 9.28. The van der Waals surface area contributed by atoms with Crippen LogP contribution in [0, 0.1) is 10.1 Å². The van der Waals surface area contributed by atoms with E-state index in [1.165, 1.54) is 18.5 Å². The van der Waals surface area contributed by atoms with E-state index < -0.39 is 16.1 Å². The summed E-state index contributed by atoms with van der Waals surface area (Å²) < 4.78 is 0. The maximum Gasteiger partial charge on any atom is 0.293 e. The molecule has 2 aromatic rings. The maximum absolute atomic E-state index is 11.6. The van der Waals surface area contributed by atoms with Crippen molar-refractivity contribution in [1.82, 2.24) is 9.97 Å². The number of rotatable bonds is 4. The third-order valence-electron chi connectivity index (χ3n) is 2.67. The van der Waals surface area contributed by atoms with Crippen LogP contribution in [0.4, 0.5) is 11.4 Å². The Morgan fingerprint density at radius 1 is 1.50 bits per heavy atom. The van der Waals surface area contributed by atoms with Crippen molar-refractivity contribution in [2.24, 2.45) is 0 Å². The lowest BCUT2D eigenvalue weighted by molar-refractivity contribution is -0.383. The molecule has 0 aliphatic heterocycles. The van der Waals surface area contributed by atoms with E-state index in [4.69, 9.17) is 0 Å². The van der Waals surface area contributed by atoms with Gasteiger partial charge < -0.3 is 15.4 Å². The first-order valence-electron chi connectivity index (χ1n) is 5.90. The van der Waals surface area contributed by atoms with Gasteiger partial charge in [-0.3, -0.25) is 14.9 Å². The van der Waals surface area contributed by atoms with Gasteiger partial charge in [0.1, 0.15) is 5.69 Å². The van der Waals surface area contributed by atoms with Crippen molar-refractivity contribution in [3.05, 3.63) is 38.9 Å². The lowest BCUT2D eigenvalue weighted by Crippen LogP contribution is -2.29. The molecule has 20 heavy (non-hydrogen) atoms. The molecule has 0 amide bonds. The monoisotopic (exact) mass is 278 g/mol. The normalized spacial score (nSPS) is 11.6. The predicted octanol–water partition coefficient (Wildman–Crippen LogP) is 1.01. The number of H-pyrrole nitrogens is 1. The summed E-state index contributed by atoms with van der Waals surface area (Å²) in [7, 11) is 0. The number of nitrogens with zero attached hydrogens (tertiary/aromatic N) is 2. The van der Waals surface area contributed by atoms with Crippen LogP contribution in [0.15, 0.2) is 23.3 Å². The van der Waals surface area contributed by atoms with Crippen LogP contribution >= 0.6 is 0 Å². The average Bonchev–Trinajstić information content (AvgIpc) is 2.34. The molecule has 2 rings (SSSR count). The number of aromatic nitrogens is 2. The average molecular weight is 278 g/mol. The van der Waals surface area contributed by atoms with Gasteiger partial charge >= 0.3 is 0 Å². The standard InChI is InChI=1S/C12H14N4O4/c1-12(2,18)5-13-9-4-8-7(3-10(9)16(19)20)11(17)15-6-14-8/h3-4,6,13,18H,5H2,1-2H3,(H,14,15,17). The van der Waals surface area contributed by atoms with Gasteiger partial charge in [-0.15, -0.1) is 0 Å². The van der Waals surface area contributed by atoms with E-state index >= 15 is 0 Å². The maximum atomic E-state index is 11.6. The van der Waals surface area contributed by atoms with Crippen molar-refractivity contribution >= 4 is 22.3 Å². The molecular weight excluding hydrogens is 264 g/mol. The molecule has 1 heterocycles. The number of benzene rings is 1. The third kappa shape index (κ3) is 2.91. The predicted molar refractivity (Wildman–Crippen MR) is 73.8 cm³/mol. The molecule has 0 aliphatic rings. The zero-order valence-corrected chi connectivity index (χ0v) is 11.0. The summed E-state index contributed by atoms with van der Waals surface area (Å²) in [6.07, 6.45) is 1.23. The molecule has 0 fully saturated rings. The topological polar surface area (TPSA) is 121 Å². The molecule has 0 bridgehead atoms. The first kappa shape index (κ1) is 13.9. The molecule has 106 valence electrons. The Bertz CT molecular complexity index is 717. The number of nitro benzene ring substituents is 1. The Morgan fingerprint density at radius 3 is 2.80 bits per heavy atom. The van der Waals surface area contributed by atoms with E-state index in [1.54, 1.807) is 13.8 Å². The molecular formula is C12H14N4O4. The number of hydrogen-bond donors (Lipinski definition) is 3. The number of aromatic amines is 1. The highest BCUT2D eigenvalue weighted by atomic mass is 16.6. The van der Waals surface area contributed by atoms with Crippen LogP contribution in [-0.4, -0.2) is 32.1 Å². The first-order valence-corrected chi connectivity index (χ1v) is 5.90.